The highest BCUT2D eigenvalue weighted by Crippen LogP contribution is 2.24. The Kier molecular flexibility index (Phi) is 5.51. The lowest BCUT2D eigenvalue weighted by Gasteiger charge is -2.21. The van der Waals surface area contributed by atoms with Gasteiger partial charge in [-0.15, -0.1) is 0 Å². The van der Waals surface area contributed by atoms with Crippen LogP contribution in [0.25, 0.3) is 0 Å². The summed E-state index contributed by atoms with van der Waals surface area (Å²) in [6, 6.07) is 22.6. The standard InChI is InChI=1S/C22H22N2O3S/c1-17-12-14-20(15-13-17)24(3)28(26,27)21-11-7-8-18(16-21)22(25)23(2)19-9-5-4-6-10-19/h4-16H,1-3H3. The highest BCUT2D eigenvalue weighted by molar-refractivity contribution is 7.92. The summed E-state index contributed by atoms with van der Waals surface area (Å²) >= 11 is 0. The summed E-state index contributed by atoms with van der Waals surface area (Å²) < 4.78 is 27.3. The molecule has 0 atom stereocenters. The Morgan fingerprint density at radius 2 is 1.43 bits per heavy atom. The molecule has 0 aliphatic rings. The maximum absolute atomic E-state index is 13.0. The predicted octanol–water partition coefficient (Wildman–Crippen LogP) is 4.10. The first-order valence-electron chi connectivity index (χ1n) is 8.79. The van der Waals surface area contributed by atoms with Crippen LogP contribution in [0.1, 0.15) is 15.9 Å². The number of nitrogens with zero attached hydrogens (tertiary/aromatic N) is 2. The second kappa shape index (κ2) is 7.86. The molecule has 0 N–H and O–H groups in total. The molecular weight excluding hydrogens is 372 g/mol. The summed E-state index contributed by atoms with van der Waals surface area (Å²) in [7, 11) is -0.620. The average Bonchev–Trinajstić information content (AvgIpc) is 2.73. The van der Waals surface area contributed by atoms with Crippen LogP contribution in [0, 0.1) is 6.92 Å². The van der Waals surface area contributed by atoms with E-state index in [1.165, 1.54) is 28.4 Å². The summed E-state index contributed by atoms with van der Waals surface area (Å²) in [6.07, 6.45) is 0. The van der Waals surface area contributed by atoms with Crippen LogP contribution in [0.3, 0.4) is 0 Å². The van der Waals surface area contributed by atoms with Crippen LogP contribution in [-0.4, -0.2) is 28.4 Å². The van der Waals surface area contributed by atoms with Gasteiger partial charge in [-0.05, 0) is 49.4 Å². The average molecular weight is 394 g/mol. The second-order valence-electron chi connectivity index (χ2n) is 6.54. The molecule has 6 heteroatoms. The number of benzene rings is 3. The van der Waals surface area contributed by atoms with Crippen LogP contribution >= 0.6 is 0 Å². The van der Waals surface area contributed by atoms with Crippen molar-refractivity contribution in [2.75, 3.05) is 23.3 Å². The van der Waals surface area contributed by atoms with Crippen molar-refractivity contribution >= 4 is 27.3 Å². The number of aryl methyl sites for hydroxylation is 1. The molecular formula is C22H22N2O3S. The van der Waals surface area contributed by atoms with E-state index in [1.807, 2.05) is 49.4 Å². The van der Waals surface area contributed by atoms with Crippen molar-refractivity contribution in [3.63, 3.8) is 0 Å². The summed E-state index contributed by atoms with van der Waals surface area (Å²) in [5.74, 6) is -0.277. The molecule has 0 aliphatic carbocycles. The number of carbonyl (C=O) groups excluding carboxylic acids is 1. The number of hydrogen-bond donors (Lipinski definition) is 0. The summed E-state index contributed by atoms with van der Waals surface area (Å²) in [5.41, 5.74) is 2.65. The third kappa shape index (κ3) is 3.92. The third-order valence-electron chi connectivity index (χ3n) is 4.59. The van der Waals surface area contributed by atoms with E-state index in [0.717, 1.165) is 11.3 Å². The Labute approximate surface area is 165 Å². The van der Waals surface area contributed by atoms with E-state index in [2.05, 4.69) is 0 Å². The van der Waals surface area contributed by atoms with Gasteiger partial charge in [-0.1, -0.05) is 42.0 Å². The number of anilines is 2. The van der Waals surface area contributed by atoms with Gasteiger partial charge in [0, 0.05) is 25.3 Å². The topological polar surface area (TPSA) is 57.7 Å². The SMILES string of the molecule is Cc1ccc(N(C)S(=O)(=O)c2cccc(C(=O)N(C)c3ccccc3)c2)cc1. The van der Waals surface area contributed by atoms with Gasteiger partial charge in [0.25, 0.3) is 15.9 Å². The fraction of sp³-hybridized carbons (Fsp3) is 0.136. The third-order valence-corrected chi connectivity index (χ3v) is 6.37. The van der Waals surface area contributed by atoms with Crippen molar-refractivity contribution in [1.29, 1.82) is 0 Å². The van der Waals surface area contributed by atoms with Crippen LogP contribution < -0.4 is 9.21 Å². The Hall–Kier alpha value is -3.12. The van der Waals surface area contributed by atoms with Gasteiger partial charge >= 0.3 is 0 Å². The number of hydrogen-bond acceptors (Lipinski definition) is 3. The zero-order valence-corrected chi connectivity index (χ0v) is 16.8. The molecule has 0 bridgehead atoms. The Morgan fingerprint density at radius 1 is 0.786 bits per heavy atom. The molecule has 0 aromatic heterocycles. The monoisotopic (exact) mass is 394 g/mol. The fourth-order valence-corrected chi connectivity index (χ4v) is 4.05. The van der Waals surface area contributed by atoms with Gasteiger partial charge in [-0.2, -0.15) is 0 Å². The van der Waals surface area contributed by atoms with E-state index in [0.29, 0.717) is 11.3 Å². The molecule has 3 aromatic carbocycles. The van der Waals surface area contributed by atoms with E-state index >= 15 is 0 Å². The van der Waals surface area contributed by atoms with Gasteiger partial charge in [0.15, 0.2) is 0 Å². The number of sulfonamides is 1. The van der Waals surface area contributed by atoms with E-state index in [9.17, 15) is 13.2 Å². The highest BCUT2D eigenvalue weighted by Gasteiger charge is 2.23. The largest absolute Gasteiger partial charge is 0.311 e. The molecule has 0 unspecified atom stereocenters. The van der Waals surface area contributed by atoms with Gasteiger partial charge in [-0.25, -0.2) is 8.42 Å². The molecule has 28 heavy (non-hydrogen) atoms. The van der Waals surface area contributed by atoms with E-state index in [-0.39, 0.29) is 10.8 Å². The molecule has 0 fully saturated rings. The summed E-state index contributed by atoms with van der Waals surface area (Å²) in [5, 5.41) is 0. The van der Waals surface area contributed by atoms with Crippen molar-refractivity contribution in [3.05, 3.63) is 90.0 Å². The van der Waals surface area contributed by atoms with Gasteiger partial charge in [0.2, 0.25) is 0 Å². The highest BCUT2D eigenvalue weighted by atomic mass is 32.2. The van der Waals surface area contributed by atoms with Crippen LogP contribution in [0.15, 0.2) is 83.8 Å². The first kappa shape index (κ1) is 19.6. The minimum atomic E-state index is -3.79. The minimum Gasteiger partial charge on any atom is -0.311 e. The summed E-state index contributed by atoms with van der Waals surface area (Å²) in [6.45, 7) is 1.94. The zero-order chi connectivity index (χ0) is 20.3. The zero-order valence-electron chi connectivity index (χ0n) is 16.0. The number of carbonyl (C=O) groups is 1. The molecule has 0 aliphatic heterocycles. The molecule has 0 saturated heterocycles. The Balaban J connectivity index is 1.91. The quantitative estimate of drug-likeness (QED) is 0.655. The van der Waals surface area contributed by atoms with Crippen LogP contribution in [0.5, 0.6) is 0 Å². The fourth-order valence-electron chi connectivity index (χ4n) is 2.80. The van der Waals surface area contributed by atoms with Crippen molar-refractivity contribution in [2.45, 2.75) is 11.8 Å². The molecule has 144 valence electrons. The van der Waals surface area contributed by atoms with Crippen molar-refractivity contribution < 1.29 is 13.2 Å². The van der Waals surface area contributed by atoms with Crippen LogP contribution in [0.2, 0.25) is 0 Å². The number of para-hydroxylation sites is 1. The lowest BCUT2D eigenvalue weighted by atomic mass is 10.2. The maximum Gasteiger partial charge on any atom is 0.264 e. The van der Waals surface area contributed by atoms with Crippen molar-refractivity contribution in [1.82, 2.24) is 0 Å². The van der Waals surface area contributed by atoms with E-state index in [4.69, 9.17) is 0 Å². The molecule has 5 nitrogen and oxygen atoms in total. The molecule has 3 aromatic rings. The normalized spacial score (nSPS) is 11.1. The van der Waals surface area contributed by atoms with E-state index < -0.39 is 10.0 Å². The minimum absolute atomic E-state index is 0.0721. The first-order chi connectivity index (χ1) is 13.3. The molecule has 1 amide bonds. The molecule has 0 saturated carbocycles. The number of rotatable bonds is 5. The Bertz CT molecular complexity index is 1080. The predicted molar refractivity (Wildman–Crippen MR) is 112 cm³/mol. The van der Waals surface area contributed by atoms with Crippen LogP contribution in [0.4, 0.5) is 11.4 Å². The van der Waals surface area contributed by atoms with E-state index in [1.54, 1.807) is 31.3 Å². The van der Waals surface area contributed by atoms with Gasteiger partial charge in [0.05, 0.1) is 10.6 Å². The van der Waals surface area contributed by atoms with Gasteiger partial charge in [0.1, 0.15) is 0 Å². The Morgan fingerprint density at radius 3 is 2.07 bits per heavy atom. The van der Waals surface area contributed by atoms with Crippen molar-refractivity contribution in [3.8, 4) is 0 Å². The maximum atomic E-state index is 13.0. The van der Waals surface area contributed by atoms with Gasteiger partial charge < -0.3 is 4.90 Å². The lowest BCUT2D eigenvalue weighted by molar-refractivity contribution is 0.0993. The molecule has 0 radical (unpaired) electrons. The van der Waals surface area contributed by atoms with Crippen molar-refractivity contribution in [2.24, 2.45) is 0 Å². The van der Waals surface area contributed by atoms with Gasteiger partial charge in [-0.3, -0.25) is 9.10 Å². The first-order valence-corrected chi connectivity index (χ1v) is 10.2. The lowest BCUT2D eigenvalue weighted by Crippen LogP contribution is -2.28. The second-order valence-corrected chi connectivity index (χ2v) is 8.50. The smallest absolute Gasteiger partial charge is 0.264 e. The molecule has 0 spiro atoms. The molecule has 0 heterocycles. The molecule has 3 rings (SSSR count). The number of amides is 1. The summed E-state index contributed by atoms with van der Waals surface area (Å²) in [4.78, 5) is 14.4. The van der Waals surface area contributed by atoms with Crippen LogP contribution in [-0.2, 0) is 10.0 Å².